The Balaban J connectivity index is 1.74. The Morgan fingerprint density at radius 1 is 1.16 bits per heavy atom. The molecule has 2 aliphatic rings. The van der Waals surface area contributed by atoms with Crippen molar-refractivity contribution in [2.45, 2.75) is 69.7 Å². The molecule has 2 atom stereocenters. The van der Waals surface area contributed by atoms with Gasteiger partial charge in [-0.05, 0) is 36.8 Å². The third-order valence-electron chi connectivity index (χ3n) is 4.64. The van der Waals surface area contributed by atoms with Gasteiger partial charge in [-0.3, -0.25) is 0 Å². The molecular weight excluding hydrogens is 236 g/mol. The predicted molar refractivity (Wildman–Crippen MR) is 76.1 cm³/mol. The molecule has 2 aliphatic heterocycles. The second-order valence-corrected chi connectivity index (χ2v) is 6.20. The molecule has 0 radical (unpaired) electrons. The van der Waals surface area contributed by atoms with Crippen molar-refractivity contribution < 1.29 is 9.84 Å². The smallest absolute Gasteiger partial charge is 0.0945 e. The summed E-state index contributed by atoms with van der Waals surface area (Å²) in [6.07, 6.45) is 7.89. The minimum absolute atomic E-state index is 0.267. The predicted octanol–water partition coefficient (Wildman–Crippen LogP) is 3.56. The lowest BCUT2D eigenvalue weighted by molar-refractivity contribution is -0.115. The molecule has 3 rings (SSSR count). The molecule has 2 saturated heterocycles. The molecule has 19 heavy (non-hydrogen) atoms. The van der Waals surface area contributed by atoms with Crippen LogP contribution in [0.4, 0.5) is 0 Å². The van der Waals surface area contributed by atoms with Crippen molar-refractivity contribution in [3.05, 3.63) is 35.4 Å². The highest BCUT2D eigenvalue weighted by Gasteiger charge is 2.44. The number of hydrogen-bond acceptors (Lipinski definition) is 2. The SMILES string of the molecule is CCCCc1ccc(C2(O)CC3CCC(C2)O3)cc1. The van der Waals surface area contributed by atoms with Crippen LogP contribution in [0.5, 0.6) is 0 Å². The van der Waals surface area contributed by atoms with Crippen LogP contribution in [-0.2, 0) is 16.8 Å². The van der Waals surface area contributed by atoms with Crippen LogP contribution in [-0.4, -0.2) is 17.3 Å². The largest absolute Gasteiger partial charge is 0.385 e. The number of aryl methyl sites for hydroxylation is 1. The maximum atomic E-state index is 10.9. The normalized spacial score (nSPS) is 33.6. The van der Waals surface area contributed by atoms with E-state index < -0.39 is 5.60 Å². The zero-order chi connectivity index (χ0) is 13.3. The van der Waals surface area contributed by atoms with Gasteiger partial charge in [-0.15, -0.1) is 0 Å². The number of benzene rings is 1. The minimum Gasteiger partial charge on any atom is -0.385 e. The molecule has 2 unspecified atom stereocenters. The van der Waals surface area contributed by atoms with E-state index in [0.717, 1.165) is 37.7 Å². The number of unbranched alkanes of at least 4 members (excludes halogenated alkanes) is 1. The Morgan fingerprint density at radius 2 is 1.79 bits per heavy atom. The molecule has 2 heterocycles. The van der Waals surface area contributed by atoms with Gasteiger partial charge in [-0.2, -0.15) is 0 Å². The van der Waals surface area contributed by atoms with E-state index in [0.29, 0.717) is 0 Å². The molecule has 2 fully saturated rings. The van der Waals surface area contributed by atoms with Gasteiger partial charge in [0.05, 0.1) is 17.8 Å². The molecule has 0 aliphatic carbocycles. The van der Waals surface area contributed by atoms with E-state index in [1.165, 1.54) is 18.4 Å². The number of rotatable bonds is 4. The fourth-order valence-electron chi connectivity index (χ4n) is 3.52. The van der Waals surface area contributed by atoms with Crippen LogP contribution in [0.15, 0.2) is 24.3 Å². The fraction of sp³-hybridized carbons (Fsp3) is 0.647. The van der Waals surface area contributed by atoms with Crippen molar-refractivity contribution in [3.8, 4) is 0 Å². The van der Waals surface area contributed by atoms with Crippen LogP contribution in [0.1, 0.15) is 56.6 Å². The van der Waals surface area contributed by atoms with E-state index in [4.69, 9.17) is 4.74 Å². The monoisotopic (exact) mass is 260 g/mol. The molecule has 2 bridgehead atoms. The lowest BCUT2D eigenvalue weighted by Gasteiger charge is -2.37. The second kappa shape index (κ2) is 5.26. The summed E-state index contributed by atoms with van der Waals surface area (Å²) in [5.74, 6) is 0. The Morgan fingerprint density at radius 3 is 2.37 bits per heavy atom. The average molecular weight is 260 g/mol. The summed E-state index contributed by atoms with van der Waals surface area (Å²) < 4.78 is 5.83. The highest BCUT2D eigenvalue weighted by molar-refractivity contribution is 5.28. The molecule has 1 N–H and O–H groups in total. The van der Waals surface area contributed by atoms with Gasteiger partial charge in [0.15, 0.2) is 0 Å². The van der Waals surface area contributed by atoms with Crippen LogP contribution >= 0.6 is 0 Å². The first-order chi connectivity index (χ1) is 9.19. The van der Waals surface area contributed by atoms with Crippen molar-refractivity contribution in [2.75, 3.05) is 0 Å². The third kappa shape index (κ3) is 2.70. The molecule has 1 aromatic carbocycles. The molecule has 2 heteroatoms. The van der Waals surface area contributed by atoms with Gasteiger partial charge < -0.3 is 9.84 Å². The van der Waals surface area contributed by atoms with Gasteiger partial charge in [-0.1, -0.05) is 37.6 Å². The van der Waals surface area contributed by atoms with E-state index in [1.807, 2.05) is 0 Å². The molecule has 104 valence electrons. The van der Waals surface area contributed by atoms with Crippen LogP contribution < -0.4 is 0 Å². The number of ether oxygens (including phenoxy) is 1. The summed E-state index contributed by atoms with van der Waals surface area (Å²) >= 11 is 0. The molecular formula is C17H24O2. The van der Waals surface area contributed by atoms with Gasteiger partial charge in [0.1, 0.15) is 0 Å². The lowest BCUT2D eigenvalue weighted by Crippen LogP contribution is -2.38. The van der Waals surface area contributed by atoms with Gasteiger partial charge in [0, 0.05) is 12.8 Å². The third-order valence-corrected chi connectivity index (χ3v) is 4.64. The van der Waals surface area contributed by atoms with E-state index in [1.54, 1.807) is 0 Å². The second-order valence-electron chi connectivity index (χ2n) is 6.20. The van der Waals surface area contributed by atoms with Crippen LogP contribution in [0.3, 0.4) is 0 Å². The Kier molecular flexibility index (Phi) is 3.64. The maximum Gasteiger partial charge on any atom is 0.0945 e. The summed E-state index contributed by atoms with van der Waals surface area (Å²) in [6.45, 7) is 2.22. The average Bonchev–Trinajstić information content (AvgIpc) is 2.77. The highest BCUT2D eigenvalue weighted by atomic mass is 16.5. The van der Waals surface area contributed by atoms with Crippen LogP contribution in [0.2, 0.25) is 0 Å². The summed E-state index contributed by atoms with van der Waals surface area (Å²) in [5, 5.41) is 10.9. The van der Waals surface area contributed by atoms with E-state index in [2.05, 4.69) is 31.2 Å². The van der Waals surface area contributed by atoms with Gasteiger partial charge >= 0.3 is 0 Å². The fourth-order valence-corrected chi connectivity index (χ4v) is 3.52. The van der Waals surface area contributed by atoms with Crippen molar-refractivity contribution >= 4 is 0 Å². The Bertz CT molecular complexity index is 411. The van der Waals surface area contributed by atoms with E-state index in [-0.39, 0.29) is 12.2 Å². The number of aliphatic hydroxyl groups is 1. The first-order valence-corrected chi connectivity index (χ1v) is 7.67. The Hall–Kier alpha value is -0.860. The first kappa shape index (κ1) is 13.1. The summed E-state index contributed by atoms with van der Waals surface area (Å²) in [7, 11) is 0. The molecule has 0 aromatic heterocycles. The van der Waals surface area contributed by atoms with Crippen LogP contribution in [0.25, 0.3) is 0 Å². The number of hydrogen-bond donors (Lipinski definition) is 1. The molecule has 0 amide bonds. The zero-order valence-corrected chi connectivity index (χ0v) is 11.8. The van der Waals surface area contributed by atoms with Crippen molar-refractivity contribution in [1.29, 1.82) is 0 Å². The van der Waals surface area contributed by atoms with Gasteiger partial charge in [0.25, 0.3) is 0 Å². The highest BCUT2D eigenvalue weighted by Crippen LogP contribution is 2.43. The topological polar surface area (TPSA) is 29.5 Å². The van der Waals surface area contributed by atoms with Crippen molar-refractivity contribution in [2.24, 2.45) is 0 Å². The quantitative estimate of drug-likeness (QED) is 0.897. The molecule has 0 saturated carbocycles. The van der Waals surface area contributed by atoms with Crippen molar-refractivity contribution in [1.82, 2.24) is 0 Å². The van der Waals surface area contributed by atoms with Gasteiger partial charge in [0.2, 0.25) is 0 Å². The van der Waals surface area contributed by atoms with Crippen molar-refractivity contribution in [3.63, 3.8) is 0 Å². The number of fused-ring (bicyclic) bond motifs is 2. The summed E-state index contributed by atoms with van der Waals surface area (Å²) in [5.41, 5.74) is 1.80. The molecule has 1 aromatic rings. The van der Waals surface area contributed by atoms with E-state index >= 15 is 0 Å². The first-order valence-electron chi connectivity index (χ1n) is 7.67. The minimum atomic E-state index is -0.659. The summed E-state index contributed by atoms with van der Waals surface area (Å²) in [4.78, 5) is 0. The summed E-state index contributed by atoms with van der Waals surface area (Å²) in [6, 6.07) is 8.60. The lowest BCUT2D eigenvalue weighted by atomic mass is 9.83. The standard InChI is InChI=1S/C17H24O2/c1-2-3-4-13-5-7-14(8-6-13)17(18)11-15-9-10-16(12-17)19-15/h5-8,15-16,18H,2-4,9-12H2,1H3. The van der Waals surface area contributed by atoms with Gasteiger partial charge in [-0.25, -0.2) is 0 Å². The Labute approximate surface area is 115 Å². The zero-order valence-electron chi connectivity index (χ0n) is 11.8. The van der Waals surface area contributed by atoms with E-state index in [9.17, 15) is 5.11 Å². The van der Waals surface area contributed by atoms with Crippen LogP contribution in [0, 0.1) is 0 Å². The molecule has 2 nitrogen and oxygen atoms in total. The molecule has 0 spiro atoms. The maximum absolute atomic E-state index is 10.9.